The topological polar surface area (TPSA) is 21.3 Å². The van der Waals surface area contributed by atoms with Crippen LogP contribution in [0.1, 0.15) is 20.8 Å². The van der Waals surface area contributed by atoms with Gasteiger partial charge in [0.1, 0.15) is 6.26 Å². The highest BCUT2D eigenvalue weighted by molar-refractivity contribution is 4.90. The van der Waals surface area contributed by atoms with Crippen LogP contribution in [-0.4, -0.2) is 6.54 Å². The Labute approximate surface area is 62.6 Å². The van der Waals surface area contributed by atoms with Gasteiger partial charge in [-0.3, -0.25) is 0 Å². The highest BCUT2D eigenvalue weighted by Crippen LogP contribution is 1.87. The van der Waals surface area contributed by atoms with Gasteiger partial charge in [-0.1, -0.05) is 6.08 Å². The summed E-state index contributed by atoms with van der Waals surface area (Å²) in [5.74, 6) is 0. The largest absolute Gasteiger partial charge is 0.471 e. The zero-order valence-electron chi connectivity index (χ0n) is 6.85. The van der Waals surface area contributed by atoms with Gasteiger partial charge in [-0.25, -0.2) is 0 Å². The molecule has 1 N–H and O–H groups in total. The second-order valence-corrected chi connectivity index (χ2v) is 1.94. The quantitative estimate of drug-likeness (QED) is 0.605. The Bertz CT molecular complexity index is 127. The predicted octanol–water partition coefficient (Wildman–Crippen LogP) is 2.01. The van der Waals surface area contributed by atoms with Crippen molar-refractivity contribution in [3.63, 3.8) is 0 Å². The number of allylic oxidation sites excluding steroid dienone is 2. The fourth-order valence-electron chi connectivity index (χ4n) is 0.540. The molecule has 0 bridgehead atoms. The molecule has 0 amide bonds. The fraction of sp³-hybridized carbons (Fsp3) is 0.500. The van der Waals surface area contributed by atoms with Crippen molar-refractivity contribution in [1.82, 2.24) is 5.32 Å². The molecule has 0 saturated carbocycles. The summed E-state index contributed by atoms with van der Waals surface area (Å²) in [6.07, 6.45) is 5.17. The minimum atomic E-state index is 0.932. The van der Waals surface area contributed by atoms with E-state index in [0.29, 0.717) is 0 Å². The molecule has 2 heteroatoms. The molecular formula is C8H15NO. The van der Waals surface area contributed by atoms with Gasteiger partial charge in [0.15, 0.2) is 0 Å². The minimum absolute atomic E-state index is 0.932. The molecule has 0 aromatic carbocycles. The molecule has 0 spiro atoms. The average molecular weight is 141 g/mol. The Hall–Kier alpha value is -0.920. The molecule has 0 aliphatic carbocycles. The van der Waals surface area contributed by atoms with Gasteiger partial charge in [0.25, 0.3) is 0 Å². The lowest BCUT2D eigenvalue weighted by molar-refractivity contribution is 0.393. The molecule has 0 aliphatic rings. The molecule has 0 aliphatic heterocycles. The van der Waals surface area contributed by atoms with E-state index in [-0.39, 0.29) is 0 Å². The normalized spacial score (nSPS) is 12.1. The second-order valence-electron chi connectivity index (χ2n) is 1.94. The summed E-state index contributed by atoms with van der Waals surface area (Å²) in [6, 6.07) is 0. The van der Waals surface area contributed by atoms with Crippen molar-refractivity contribution in [2.75, 3.05) is 6.54 Å². The zero-order valence-corrected chi connectivity index (χ0v) is 6.85. The Morgan fingerprint density at radius 2 is 2.30 bits per heavy atom. The van der Waals surface area contributed by atoms with E-state index in [4.69, 9.17) is 4.74 Å². The summed E-state index contributed by atoms with van der Waals surface area (Å²) < 4.78 is 4.99. The molecule has 0 heterocycles. The molecule has 0 fully saturated rings. The number of hydrogen-bond acceptors (Lipinski definition) is 2. The van der Waals surface area contributed by atoms with E-state index >= 15 is 0 Å². The molecule has 0 radical (unpaired) electrons. The first-order chi connectivity index (χ1) is 4.81. The molecule has 2 nitrogen and oxygen atoms in total. The second kappa shape index (κ2) is 6.20. The number of nitrogens with one attached hydrogen (secondary N) is 1. The van der Waals surface area contributed by atoms with Gasteiger partial charge in [-0.05, 0) is 20.8 Å². The summed E-state index contributed by atoms with van der Waals surface area (Å²) in [4.78, 5) is 0. The standard InChI is InChI=1S/C8H15NO/c1-4-6-10-7-8(3)9-5-2/h4,6-7,9H,5H2,1-3H3/b6-4+,8-7+. The van der Waals surface area contributed by atoms with Crippen molar-refractivity contribution in [3.8, 4) is 0 Å². The maximum absolute atomic E-state index is 4.99. The van der Waals surface area contributed by atoms with Crippen molar-refractivity contribution < 1.29 is 4.74 Å². The third-order valence-corrected chi connectivity index (χ3v) is 0.915. The monoisotopic (exact) mass is 141 g/mol. The van der Waals surface area contributed by atoms with Crippen molar-refractivity contribution in [2.45, 2.75) is 20.8 Å². The molecule has 0 rings (SSSR count). The van der Waals surface area contributed by atoms with Crippen LogP contribution in [0.5, 0.6) is 0 Å². The Morgan fingerprint density at radius 3 is 2.80 bits per heavy atom. The third kappa shape index (κ3) is 5.22. The smallest absolute Gasteiger partial charge is 0.109 e. The first-order valence-corrected chi connectivity index (χ1v) is 3.48. The van der Waals surface area contributed by atoms with E-state index in [9.17, 15) is 0 Å². The summed E-state index contributed by atoms with van der Waals surface area (Å²) in [6.45, 7) is 6.86. The van der Waals surface area contributed by atoms with Crippen LogP contribution in [0.4, 0.5) is 0 Å². The summed E-state index contributed by atoms with van der Waals surface area (Å²) in [7, 11) is 0. The highest BCUT2D eigenvalue weighted by Gasteiger charge is 1.80. The van der Waals surface area contributed by atoms with Gasteiger partial charge in [0, 0.05) is 12.2 Å². The van der Waals surface area contributed by atoms with Crippen LogP contribution in [0.3, 0.4) is 0 Å². The predicted molar refractivity (Wildman–Crippen MR) is 43.3 cm³/mol. The first kappa shape index (κ1) is 9.08. The van der Waals surface area contributed by atoms with Gasteiger partial charge < -0.3 is 10.1 Å². The van der Waals surface area contributed by atoms with E-state index < -0.39 is 0 Å². The van der Waals surface area contributed by atoms with Gasteiger partial charge >= 0.3 is 0 Å². The van der Waals surface area contributed by atoms with Gasteiger partial charge in [-0.15, -0.1) is 0 Å². The highest BCUT2D eigenvalue weighted by atomic mass is 16.5. The van der Waals surface area contributed by atoms with E-state index in [1.54, 1.807) is 12.5 Å². The van der Waals surface area contributed by atoms with Crippen molar-refractivity contribution in [2.24, 2.45) is 0 Å². The van der Waals surface area contributed by atoms with Crippen LogP contribution in [0.2, 0.25) is 0 Å². The van der Waals surface area contributed by atoms with Gasteiger partial charge in [-0.2, -0.15) is 0 Å². The van der Waals surface area contributed by atoms with Crippen molar-refractivity contribution >= 4 is 0 Å². The number of ether oxygens (including phenoxy) is 1. The zero-order chi connectivity index (χ0) is 7.82. The van der Waals surface area contributed by atoms with Gasteiger partial charge in [0.2, 0.25) is 0 Å². The van der Waals surface area contributed by atoms with Crippen LogP contribution in [0.15, 0.2) is 24.3 Å². The van der Waals surface area contributed by atoms with Gasteiger partial charge in [0.05, 0.1) is 6.26 Å². The molecule has 10 heavy (non-hydrogen) atoms. The average Bonchev–Trinajstić information content (AvgIpc) is 1.89. The van der Waals surface area contributed by atoms with Crippen LogP contribution < -0.4 is 5.32 Å². The lowest BCUT2D eigenvalue weighted by Crippen LogP contribution is -2.08. The molecular weight excluding hydrogens is 126 g/mol. The first-order valence-electron chi connectivity index (χ1n) is 3.48. The molecule has 58 valence electrons. The molecule has 0 atom stereocenters. The Balaban J connectivity index is 3.47. The maximum atomic E-state index is 4.99. The number of rotatable bonds is 4. The van der Waals surface area contributed by atoms with Crippen LogP contribution >= 0.6 is 0 Å². The summed E-state index contributed by atoms with van der Waals surface area (Å²) in [5.41, 5.74) is 1.04. The SMILES string of the molecule is C/C=C/O/C=C(\C)NCC. The lowest BCUT2D eigenvalue weighted by atomic mass is 10.5. The van der Waals surface area contributed by atoms with E-state index in [1.807, 2.05) is 26.8 Å². The maximum Gasteiger partial charge on any atom is 0.109 e. The third-order valence-electron chi connectivity index (χ3n) is 0.915. The fourth-order valence-corrected chi connectivity index (χ4v) is 0.540. The van der Waals surface area contributed by atoms with E-state index in [0.717, 1.165) is 12.2 Å². The Kier molecular flexibility index (Phi) is 5.63. The lowest BCUT2D eigenvalue weighted by Gasteiger charge is -2.00. The number of hydrogen-bond donors (Lipinski definition) is 1. The summed E-state index contributed by atoms with van der Waals surface area (Å²) in [5, 5.41) is 3.11. The molecule has 0 unspecified atom stereocenters. The van der Waals surface area contributed by atoms with Crippen LogP contribution in [0.25, 0.3) is 0 Å². The summed E-state index contributed by atoms with van der Waals surface area (Å²) >= 11 is 0. The van der Waals surface area contributed by atoms with Crippen LogP contribution in [0, 0.1) is 0 Å². The minimum Gasteiger partial charge on any atom is -0.471 e. The molecule has 0 aromatic rings. The van der Waals surface area contributed by atoms with Crippen LogP contribution in [-0.2, 0) is 4.74 Å². The molecule has 0 aromatic heterocycles. The van der Waals surface area contributed by atoms with Crippen molar-refractivity contribution in [1.29, 1.82) is 0 Å². The van der Waals surface area contributed by atoms with E-state index in [1.165, 1.54) is 0 Å². The molecule has 0 saturated heterocycles. The van der Waals surface area contributed by atoms with E-state index in [2.05, 4.69) is 5.32 Å². The Morgan fingerprint density at radius 1 is 1.60 bits per heavy atom. The van der Waals surface area contributed by atoms with Crippen molar-refractivity contribution in [3.05, 3.63) is 24.3 Å².